The molecule has 0 saturated carbocycles. The number of rotatable bonds is 5. The summed E-state index contributed by atoms with van der Waals surface area (Å²) < 4.78 is 40.2. The second-order valence-corrected chi connectivity index (χ2v) is 9.52. The summed E-state index contributed by atoms with van der Waals surface area (Å²) in [6.45, 7) is 0.557. The molecule has 1 aromatic carbocycles. The van der Waals surface area contributed by atoms with Gasteiger partial charge in [-0.2, -0.15) is 9.40 Å². The van der Waals surface area contributed by atoms with E-state index in [9.17, 15) is 17.6 Å². The van der Waals surface area contributed by atoms with Crippen LogP contribution in [-0.4, -0.2) is 41.4 Å². The number of benzene rings is 1. The van der Waals surface area contributed by atoms with E-state index in [1.807, 2.05) is 0 Å². The first-order chi connectivity index (χ1) is 14.0. The lowest BCUT2D eigenvalue weighted by Crippen LogP contribution is -2.45. The molecule has 1 fully saturated rings. The van der Waals surface area contributed by atoms with E-state index in [1.165, 1.54) is 28.4 Å². The number of nitrogens with zero attached hydrogens (tertiary/aromatic N) is 2. The summed E-state index contributed by atoms with van der Waals surface area (Å²) in [6.07, 6.45) is 6.43. The topological polar surface area (TPSA) is 95.2 Å². The van der Waals surface area contributed by atoms with E-state index < -0.39 is 21.9 Å². The van der Waals surface area contributed by atoms with E-state index in [4.69, 9.17) is 0 Å². The van der Waals surface area contributed by atoms with Crippen LogP contribution in [0, 0.1) is 5.82 Å². The fourth-order valence-electron chi connectivity index (χ4n) is 4.19. The van der Waals surface area contributed by atoms with Crippen molar-refractivity contribution in [3.05, 3.63) is 47.0 Å². The number of aromatic nitrogens is 2. The summed E-state index contributed by atoms with van der Waals surface area (Å²) >= 11 is 0. The van der Waals surface area contributed by atoms with Crippen molar-refractivity contribution in [2.45, 2.75) is 62.4 Å². The molecule has 7 nitrogen and oxygen atoms in total. The number of hydrogen-bond donors (Lipinski definition) is 2. The number of aromatic amines is 1. The average Bonchev–Trinajstić information content (AvgIpc) is 3.29. The Morgan fingerprint density at radius 2 is 1.93 bits per heavy atom. The minimum absolute atomic E-state index is 0.00350. The zero-order chi connectivity index (χ0) is 20.4. The minimum Gasteiger partial charge on any atom is -0.349 e. The Kier molecular flexibility index (Phi) is 5.69. The summed E-state index contributed by atoms with van der Waals surface area (Å²) in [5.41, 5.74) is 3.17. The second kappa shape index (κ2) is 8.23. The minimum atomic E-state index is -3.86. The third-order valence-corrected chi connectivity index (χ3v) is 7.67. The number of carbonyl (C=O) groups is 1. The predicted molar refractivity (Wildman–Crippen MR) is 105 cm³/mol. The third kappa shape index (κ3) is 4.06. The second-order valence-electron chi connectivity index (χ2n) is 7.63. The molecule has 1 saturated heterocycles. The zero-order valence-corrected chi connectivity index (χ0v) is 17.0. The number of sulfonamides is 1. The summed E-state index contributed by atoms with van der Waals surface area (Å²) in [4.78, 5) is 12.8. The lowest BCUT2D eigenvalue weighted by Gasteiger charge is -2.23. The standard InChI is InChI=1S/C20H25FN4O3S/c21-14-8-10-15(11-9-14)29(27,28)25-12-4-7-19(25)20(26)22-13-18-16-5-2-1-3-6-17(16)23-24-18/h8-11,19H,1-7,12-13H2,(H,22,26)(H,23,24)/t19-/m1/s1. The number of amides is 1. The number of H-pyrrole nitrogens is 1. The van der Waals surface area contributed by atoms with Crippen molar-refractivity contribution >= 4 is 15.9 Å². The van der Waals surface area contributed by atoms with Crippen LogP contribution in [-0.2, 0) is 34.2 Å². The average molecular weight is 421 g/mol. The Morgan fingerprint density at radius 1 is 1.17 bits per heavy atom. The Labute approximate surface area is 169 Å². The monoisotopic (exact) mass is 420 g/mol. The molecule has 1 amide bonds. The van der Waals surface area contributed by atoms with Gasteiger partial charge in [-0.1, -0.05) is 6.42 Å². The van der Waals surface area contributed by atoms with Crippen molar-refractivity contribution in [3.8, 4) is 0 Å². The van der Waals surface area contributed by atoms with Gasteiger partial charge < -0.3 is 5.32 Å². The molecule has 0 radical (unpaired) electrons. The SMILES string of the molecule is O=C(NCc1n[nH]c2c1CCCCC2)[C@H]1CCCN1S(=O)(=O)c1ccc(F)cc1. The van der Waals surface area contributed by atoms with Gasteiger partial charge in [0.15, 0.2) is 0 Å². The fourth-order valence-corrected chi connectivity index (χ4v) is 5.85. The number of hydrogen-bond acceptors (Lipinski definition) is 4. The van der Waals surface area contributed by atoms with E-state index in [2.05, 4.69) is 15.5 Å². The van der Waals surface area contributed by atoms with E-state index in [0.29, 0.717) is 12.8 Å². The van der Waals surface area contributed by atoms with Gasteiger partial charge in [0.1, 0.15) is 11.9 Å². The molecular formula is C20H25FN4O3S. The van der Waals surface area contributed by atoms with Crippen molar-refractivity contribution in [1.82, 2.24) is 19.8 Å². The predicted octanol–water partition coefficient (Wildman–Crippen LogP) is 2.29. The lowest BCUT2D eigenvalue weighted by atomic mass is 10.1. The van der Waals surface area contributed by atoms with E-state index >= 15 is 0 Å². The van der Waals surface area contributed by atoms with Crippen LogP contribution in [0.5, 0.6) is 0 Å². The van der Waals surface area contributed by atoms with E-state index in [0.717, 1.165) is 49.2 Å². The highest BCUT2D eigenvalue weighted by Gasteiger charge is 2.39. The van der Waals surface area contributed by atoms with Crippen LogP contribution in [0.3, 0.4) is 0 Å². The highest BCUT2D eigenvalue weighted by Crippen LogP contribution is 2.27. The van der Waals surface area contributed by atoms with Crippen LogP contribution in [0.25, 0.3) is 0 Å². The molecule has 1 atom stereocenters. The first-order valence-electron chi connectivity index (χ1n) is 10.1. The molecule has 2 heterocycles. The first-order valence-corrected chi connectivity index (χ1v) is 11.5. The van der Waals surface area contributed by atoms with E-state index in [-0.39, 0.29) is 23.9 Å². The van der Waals surface area contributed by atoms with Crippen molar-refractivity contribution < 1.29 is 17.6 Å². The Hall–Kier alpha value is -2.26. The molecular weight excluding hydrogens is 395 g/mol. The Balaban J connectivity index is 1.46. The lowest BCUT2D eigenvalue weighted by molar-refractivity contribution is -0.124. The molecule has 1 aliphatic carbocycles. The Morgan fingerprint density at radius 3 is 2.72 bits per heavy atom. The maximum atomic E-state index is 13.2. The molecule has 0 unspecified atom stereocenters. The van der Waals surface area contributed by atoms with Crippen molar-refractivity contribution in [2.75, 3.05) is 6.54 Å². The van der Waals surface area contributed by atoms with Crippen molar-refractivity contribution in [3.63, 3.8) is 0 Å². The van der Waals surface area contributed by atoms with Gasteiger partial charge in [-0.3, -0.25) is 9.89 Å². The molecule has 0 spiro atoms. The highest BCUT2D eigenvalue weighted by molar-refractivity contribution is 7.89. The van der Waals surface area contributed by atoms with Crippen molar-refractivity contribution in [1.29, 1.82) is 0 Å². The van der Waals surface area contributed by atoms with Crippen LogP contribution in [0.2, 0.25) is 0 Å². The quantitative estimate of drug-likeness (QED) is 0.726. The van der Waals surface area contributed by atoms with Crippen LogP contribution >= 0.6 is 0 Å². The molecule has 9 heteroatoms. The maximum absolute atomic E-state index is 13.2. The number of nitrogens with one attached hydrogen (secondary N) is 2. The van der Waals surface area contributed by atoms with Gasteiger partial charge >= 0.3 is 0 Å². The molecule has 4 rings (SSSR count). The van der Waals surface area contributed by atoms with Crippen molar-refractivity contribution in [2.24, 2.45) is 0 Å². The van der Waals surface area contributed by atoms with Crippen LogP contribution in [0.1, 0.15) is 49.1 Å². The molecule has 1 aromatic heterocycles. The maximum Gasteiger partial charge on any atom is 0.243 e. The Bertz CT molecular complexity index is 988. The summed E-state index contributed by atoms with van der Waals surface area (Å²) in [5, 5.41) is 10.3. The van der Waals surface area contributed by atoms with Gasteiger partial charge in [0, 0.05) is 12.2 Å². The molecule has 156 valence electrons. The van der Waals surface area contributed by atoms with Gasteiger partial charge in [0.25, 0.3) is 0 Å². The fraction of sp³-hybridized carbons (Fsp3) is 0.500. The van der Waals surface area contributed by atoms with Crippen LogP contribution in [0.15, 0.2) is 29.2 Å². The summed E-state index contributed by atoms with van der Waals surface area (Å²) in [6, 6.07) is 3.93. The zero-order valence-electron chi connectivity index (χ0n) is 16.2. The summed E-state index contributed by atoms with van der Waals surface area (Å²) in [7, 11) is -3.86. The van der Waals surface area contributed by atoms with Gasteiger partial charge in [0.05, 0.1) is 17.1 Å². The molecule has 2 aromatic rings. The molecule has 2 N–H and O–H groups in total. The first kappa shape index (κ1) is 20.0. The highest BCUT2D eigenvalue weighted by atomic mass is 32.2. The van der Waals surface area contributed by atoms with E-state index in [1.54, 1.807) is 0 Å². The summed E-state index contributed by atoms with van der Waals surface area (Å²) in [5.74, 6) is -0.823. The third-order valence-electron chi connectivity index (χ3n) is 5.75. The molecule has 2 aliphatic rings. The number of fused-ring (bicyclic) bond motifs is 1. The van der Waals surface area contributed by atoms with Gasteiger partial charge in [-0.15, -0.1) is 0 Å². The van der Waals surface area contributed by atoms with Gasteiger partial charge in [0.2, 0.25) is 15.9 Å². The van der Waals surface area contributed by atoms with Crippen LogP contribution in [0.4, 0.5) is 4.39 Å². The van der Waals surface area contributed by atoms with Gasteiger partial charge in [-0.25, -0.2) is 12.8 Å². The molecule has 29 heavy (non-hydrogen) atoms. The largest absolute Gasteiger partial charge is 0.349 e. The van der Waals surface area contributed by atoms with Crippen LogP contribution < -0.4 is 5.32 Å². The normalized spacial score (nSPS) is 20.2. The number of aryl methyl sites for hydroxylation is 1. The number of halogens is 1. The molecule has 0 bridgehead atoms. The van der Waals surface area contributed by atoms with Gasteiger partial charge in [-0.05, 0) is 68.4 Å². The number of carbonyl (C=O) groups excluding carboxylic acids is 1. The molecule has 1 aliphatic heterocycles. The smallest absolute Gasteiger partial charge is 0.243 e.